The smallest absolute Gasteiger partial charge is 0.248 e. The number of rotatable bonds is 6. The van der Waals surface area contributed by atoms with Crippen molar-refractivity contribution >= 4 is 35.0 Å². The highest BCUT2D eigenvalue weighted by molar-refractivity contribution is 6.31. The van der Waals surface area contributed by atoms with Crippen LogP contribution in [0.25, 0.3) is 0 Å². The van der Waals surface area contributed by atoms with Crippen molar-refractivity contribution in [3.63, 3.8) is 0 Å². The Morgan fingerprint density at radius 3 is 2.50 bits per heavy atom. The second kappa shape index (κ2) is 8.95. The van der Waals surface area contributed by atoms with Crippen molar-refractivity contribution in [2.24, 2.45) is 11.3 Å². The van der Waals surface area contributed by atoms with Gasteiger partial charge in [0, 0.05) is 23.7 Å². The minimum Gasteiger partial charge on any atom is -0.333 e. The first-order valence-corrected chi connectivity index (χ1v) is 9.95. The van der Waals surface area contributed by atoms with Gasteiger partial charge in [0.05, 0.1) is 6.54 Å². The van der Waals surface area contributed by atoms with E-state index in [-0.39, 0.29) is 48.8 Å². The molecule has 1 fully saturated rings. The van der Waals surface area contributed by atoms with Crippen LogP contribution in [0, 0.1) is 11.3 Å². The molecule has 154 valence electrons. The van der Waals surface area contributed by atoms with Gasteiger partial charge in [-0.1, -0.05) is 52.3 Å². The van der Waals surface area contributed by atoms with E-state index in [0.717, 1.165) is 0 Å². The summed E-state index contributed by atoms with van der Waals surface area (Å²) in [7, 11) is 0. The van der Waals surface area contributed by atoms with Crippen LogP contribution < -0.4 is 4.90 Å². The van der Waals surface area contributed by atoms with Gasteiger partial charge in [0.25, 0.3) is 0 Å². The molecule has 0 spiro atoms. The van der Waals surface area contributed by atoms with E-state index in [2.05, 4.69) is 0 Å². The van der Waals surface area contributed by atoms with Crippen LogP contribution in [0.3, 0.4) is 0 Å². The largest absolute Gasteiger partial charge is 0.333 e. The highest BCUT2D eigenvalue weighted by Crippen LogP contribution is 2.24. The number of hydrogen-bond donors (Lipinski definition) is 0. The molecule has 0 bridgehead atoms. The summed E-state index contributed by atoms with van der Waals surface area (Å²) >= 11 is 6.01. The van der Waals surface area contributed by atoms with Crippen molar-refractivity contribution in [3.05, 3.63) is 29.3 Å². The molecule has 1 saturated heterocycles. The average molecular weight is 408 g/mol. The third-order valence-electron chi connectivity index (χ3n) is 4.36. The molecule has 1 aliphatic heterocycles. The average Bonchev–Trinajstić information content (AvgIpc) is 2.94. The highest BCUT2D eigenvalue weighted by atomic mass is 35.5. The van der Waals surface area contributed by atoms with E-state index in [9.17, 15) is 14.4 Å². The molecule has 6 nitrogen and oxygen atoms in total. The second-order valence-electron chi connectivity index (χ2n) is 8.94. The van der Waals surface area contributed by atoms with E-state index in [1.54, 1.807) is 29.2 Å². The van der Waals surface area contributed by atoms with Gasteiger partial charge in [0.15, 0.2) is 0 Å². The van der Waals surface area contributed by atoms with Crippen molar-refractivity contribution < 1.29 is 14.4 Å². The number of nitrogens with zero attached hydrogens (tertiary/aromatic N) is 3. The van der Waals surface area contributed by atoms with Crippen LogP contribution in [-0.4, -0.2) is 53.8 Å². The van der Waals surface area contributed by atoms with Crippen LogP contribution in [-0.2, 0) is 14.4 Å². The van der Waals surface area contributed by atoms with Gasteiger partial charge in [0.1, 0.15) is 13.2 Å². The number of amides is 3. The van der Waals surface area contributed by atoms with Crippen LogP contribution in [0.4, 0.5) is 5.69 Å². The first-order chi connectivity index (χ1) is 13.0. The SMILES string of the molecule is CC(C)CN(CC(=O)N1CC(=O)N(c2cccc(Cl)c2)C1)C(=O)CC(C)(C)C. The van der Waals surface area contributed by atoms with Gasteiger partial charge in [-0.05, 0) is 29.5 Å². The number of anilines is 1. The highest BCUT2D eigenvalue weighted by Gasteiger charge is 2.33. The Morgan fingerprint density at radius 2 is 1.93 bits per heavy atom. The number of carbonyl (C=O) groups excluding carboxylic acids is 3. The number of halogens is 1. The molecule has 1 aromatic carbocycles. The molecule has 3 amide bonds. The van der Waals surface area contributed by atoms with Gasteiger partial charge in [-0.15, -0.1) is 0 Å². The maximum Gasteiger partial charge on any atom is 0.248 e. The monoisotopic (exact) mass is 407 g/mol. The van der Waals surface area contributed by atoms with E-state index < -0.39 is 0 Å². The van der Waals surface area contributed by atoms with Gasteiger partial charge in [-0.2, -0.15) is 0 Å². The number of benzene rings is 1. The van der Waals surface area contributed by atoms with Crippen LogP contribution in [0.2, 0.25) is 5.02 Å². The van der Waals surface area contributed by atoms with Crippen molar-refractivity contribution in [2.45, 2.75) is 41.0 Å². The Labute approximate surface area is 172 Å². The van der Waals surface area contributed by atoms with Gasteiger partial charge in [-0.25, -0.2) is 0 Å². The molecule has 0 aliphatic carbocycles. The van der Waals surface area contributed by atoms with E-state index >= 15 is 0 Å². The molecular weight excluding hydrogens is 378 g/mol. The summed E-state index contributed by atoms with van der Waals surface area (Å²) in [5, 5.41) is 0.533. The lowest BCUT2D eigenvalue weighted by molar-refractivity contribution is -0.141. The summed E-state index contributed by atoms with van der Waals surface area (Å²) < 4.78 is 0. The van der Waals surface area contributed by atoms with Gasteiger partial charge >= 0.3 is 0 Å². The predicted octanol–water partition coefficient (Wildman–Crippen LogP) is 3.39. The minimum atomic E-state index is -0.221. The quantitative estimate of drug-likeness (QED) is 0.726. The second-order valence-corrected chi connectivity index (χ2v) is 9.38. The van der Waals surface area contributed by atoms with Crippen molar-refractivity contribution in [1.82, 2.24) is 9.80 Å². The van der Waals surface area contributed by atoms with E-state index in [1.165, 1.54) is 9.80 Å². The number of carbonyl (C=O) groups is 3. The standard InChI is InChI=1S/C21H30ClN3O3/c1-15(2)11-23(18(26)10-21(3,4)5)12-19(27)24-13-20(28)25(14-24)17-8-6-7-16(22)9-17/h6-9,15H,10-14H2,1-5H3. The first kappa shape index (κ1) is 22.2. The fraction of sp³-hybridized carbons (Fsp3) is 0.571. The molecule has 1 heterocycles. The Bertz CT molecular complexity index is 743. The molecule has 0 aromatic heterocycles. The number of hydrogen-bond acceptors (Lipinski definition) is 3. The Kier molecular flexibility index (Phi) is 7.10. The van der Waals surface area contributed by atoms with Gasteiger partial charge in [0.2, 0.25) is 17.7 Å². The molecule has 0 atom stereocenters. The van der Waals surface area contributed by atoms with Crippen LogP contribution in [0.15, 0.2) is 24.3 Å². The van der Waals surface area contributed by atoms with Crippen molar-refractivity contribution in [3.8, 4) is 0 Å². The molecule has 2 rings (SSSR count). The lowest BCUT2D eigenvalue weighted by Gasteiger charge is -2.29. The molecule has 7 heteroatoms. The fourth-order valence-corrected chi connectivity index (χ4v) is 3.29. The summed E-state index contributed by atoms with van der Waals surface area (Å²) in [6, 6.07) is 6.99. The molecule has 0 radical (unpaired) electrons. The third kappa shape index (κ3) is 6.23. The zero-order valence-corrected chi connectivity index (χ0v) is 18.1. The molecule has 1 aromatic rings. The van der Waals surface area contributed by atoms with E-state index in [0.29, 0.717) is 23.7 Å². The van der Waals surface area contributed by atoms with Crippen molar-refractivity contribution in [2.75, 3.05) is 31.2 Å². The maximum absolute atomic E-state index is 12.8. The first-order valence-electron chi connectivity index (χ1n) is 9.58. The Balaban J connectivity index is 2.07. The summed E-state index contributed by atoms with van der Waals surface area (Å²) in [5.74, 6) is -0.167. The molecule has 0 saturated carbocycles. The molecule has 28 heavy (non-hydrogen) atoms. The van der Waals surface area contributed by atoms with Crippen LogP contribution in [0.5, 0.6) is 0 Å². The fourth-order valence-electron chi connectivity index (χ4n) is 3.11. The summed E-state index contributed by atoms with van der Waals surface area (Å²) in [4.78, 5) is 42.6. The molecule has 1 aliphatic rings. The van der Waals surface area contributed by atoms with Crippen LogP contribution >= 0.6 is 11.6 Å². The van der Waals surface area contributed by atoms with E-state index in [1.807, 2.05) is 34.6 Å². The molecule has 0 N–H and O–H groups in total. The Hall–Kier alpha value is -2.08. The van der Waals surface area contributed by atoms with Gasteiger partial charge < -0.3 is 9.80 Å². The summed E-state index contributed by atoms with van der Waals surface area (Å²) in [6.07, 6.45) is 0.376. The maximum atomic E-state index is 12.8. The molecular formula is C21H30ClN3O3. The zero-order chi connectivity index (χ0) is 21.1. The van der Waals surface area contributed by atoms with Crippen LogP contribution in [0.1, 0.15) is 41.0 Å². The van der Waals surface area contributed by atoms with Crippen molar-refractivity contribution in [1.29, 1.82) is 0 Å². The zero-order valence-electron chi connectivity index (χ0n) is 17.4. The molecule has 0 unspecified atom stereocenters. The normalized spacial score (nSPS) is 14.8. The lowest BCUT2D eigenvalue weighted by atomic mass is 9.91. The van der Waals surface area contributed by atoms with E-state index in [4.69, 9.17) is 11.6 Å². The summed E-state index contributed by atoms with van der Waals surface area (Å²) in [5.41, 5.74) is 0.512. The Morgan fingerprint density at radius 1 is 1.25 bits per heavy atom. The third-order valence-corrected chi connectivity index (χ3v) is 4.59. The van der Waals surface area contributed by atoms with Gasteiger partial charge in [-0.3, -0.25) is 19.3 Å². The minimum absolute atomic E-state index is 0.00826. The summed E-state index contributed by atoms with van der Waals surface area (Å²) in [6.45, 7) is 10.7. The predicted molar refractivity (Wildman–Crippen MR) is 111 cm³/mol. The topological polar surface area (TPSA) is 60.9 Å². The lowest BCUT2D eigenvalue weighted by Crippen LogP contribution is -2.44.